The SMILES string of the molecule is CCCCCN(c1nc(Cl)nc2sc(C)cc12)C(C)C. The third-order valence-electron chi connectivity index (χ3n) is 3.37. The lowest BCUT2D eigenvalue weighted by Gasteiger charge is -2.28. The van der Waals surface area contributed by atoms with Crippen molar-refractivity contribution in [3.8, 4) is 0 Å². The second-order valence-electron chi connectivity index (χ2n) is 5.39. The average Bonchev–Trinajstić information content (AvgIpc) is 2.73. The molecule has 2 heterocycles. The van der Waals surface area contributed by atoms with Crippen LogP contribution in [0.25, 0.3) is 10.2 Å². The van der Waals surface area contributed by atoms with E-state index >= 15 is 0 Å². The van der Waals surface area contributed by atoms with Crippen molar-refractivity contribution in [3.63, 3.8) is 0 Å². The molecule has 0 saturated heterocycles. The number of rotatable bonds is 6. The van der Waals surface area contributed by atoms with Gasteiger partial charge in [0, 0.05) is 17.5 Å². The largest absolute Gasteiger partial charge is 0.354 e. The van der Waals surface area contributed by atoms with Gasteiger partial charge < -0.3 is 4.90 Å². The zero-order chi connectivity index (χ0) is 14.7. The lowest BCUT2D eigenvalue weighted by molar-refractivity contribution is 0.621. The monoisotopic (exact) mass is 311 g/mol. The van der Waals surface area contributed by atoms with Crippen LogP contribution in [0.3, 0.4) is 0 Å². The van der Waals surface area contributed by atoms with Gasteiger partial charge in [-0.15, -0.1) is 11.3 Å². The van der Waals surface area contributed by atoms with Crippen molar-refractivity contribution in [2.45, 2.75) is 53.0 Å². The molecule has 0 unspecified atom stereocenters. The molecule has 110 valence electrons. The van der Waals surface area contributed by atoms with Gasteiger partial charge in [-0.05, 0) is 44.9 Å². The first-order valence-corrected chi connectivity index (χ1v) is 8.42. The number of unbranched alkanes of at least 4 members (excludes halogenated alkanes) is 2. The Bertz CT molecular complexity index is 580. The van der Waals surface area contributed by atoms with Gasteiger partial charge in [0.1, 0.15) is 10.6 Å². The highest BCUT2D eigenvalue weighted by molar-refractivity contribution is 7.18. The van der Waals surface area contributed by atoms with Gasteiger partial charge in [-0.3, -0.25) is 0 Å². The maximum absolute atomic E-state index is 6.10. The number of hydrogen-bond acceptors (Lipinski definition) is 4. The topological polar surface area (TPSA) is 29.0 Å². The van der Waals surface area contributed by atoms with E-state index in [0.29, 0.717) is 11.3 Å². The molecule has 2 rings (SSSR count). The first kappa shape index (κ1) is 15.5. The summed E-state index contributed by atoms with van der Waals surface area (Å²) in [6.07, 6.45) is 3.65. The number of aromatic nitrogens is 2. The summed E-state index contributed by atoms with van der Waals surface area (Å²) >= 11 is 7.78. The summed E-state index contributed by atoms with van der Waals surface area (Å²) in [4.78, 5) is 13.4. The van der Waals surface area contributed by atoms with Gasteiger partial charge in [-0.2, -0.15) is 4.98 Å². The molecular formula is C15H22ClN3S. The molecule has 0 N–H and O–H groups in total. The molecule has 5 heteroatoms. The molecule has 2 aromatic heterocycles. The third kappa shape index (κ3) is 3.41. The van der Waals surface area contributed by atoms with Crippen molar-refractivity contribution in [1.82, 2.24) is 9.97 Å². The minimum Gasteiger partial charge on any atom is -0.354 e. The third-order valence-corrected chi connectivity index (χ3v) is 4.48. The fourth-order valence-corrected chi connectivity index (χ4v) is 3.45. The molecule has 0 aliphatic heterocycles. The maximum Gasteiger partial charge on any atom is 0.225 e. The molecule has 20 heavy (non-hydrogen) atoms. The second-order valence-corrected chi connectivity index (χ2v) is 6.96. The molecule has 0 fully saturated rings. The van der Waals surface area contributed by atoms with Gasteiger partial charge in [0.05, 0.1) is 5.39 Å². The molecule has 2 aromatic rings. The van der Waals surface area contributed by atoms with Crippen LogP contribution in [0.5, 0.6) is 0 Å². The van der Waals surface area contributed by atoms with Crippen LogP contribution in [0.1, 0.15) is 44.9 Å². The normalized spacial score (nSPS) is 11.5. The van der Waals surface area contributed by atoms with Gasteiger partial charge in [0.15, 0.2) is 0 Å². The van der Waals surface area contributed by atoms with E-state index in [1.165, 1.54) is 24.1 Å². The number of hydrogen-bond donors (Lipinski definition) is 0. The zero-order valence-electron chi connectivity index (χ0n) is 12.6. The van der Waals surface area contributed by atoms with Crippen LogP contribution in [0.4, 0.5) is 5.82 Å². The summed E-state index contributed by atoms with van der Waals surface area (Å²) in [6, 6.07) is 2.57. The summed E-state index contributed by atoms with van der Waals surface area (Å²) in [5, 5.41) is 1.47. The van der Waals surface area contributed by atoms with Gasteiger partial charge in [0.25, 0.3) is 0 Å². The quantitative estimate of drug-likeness (QED) is 0.551. The Morgan fingerprint density at radius 3 is 2.70 bits per heavy atom. The molecule has 0 spiro atoms. The van der Waals surface area contributed by atoms with E-state index in [2.05, 4.69) is 48.6 Å². The molecule has 0 radical (unpaired) electrons. The minimum absolute atomic E-state index is 0.343. The lowest BCUT2D eigenvalue weighted by Crippen LogP contribution is -2.32. The molecule has 3 nitrogen and oxygen atoms in total. The molecule has 0 aromatic carbocycles. The number of thiophene rings is 1. The Balaban J connectivity index is 2.41. The predicted octanol–water partition coefficient (Wildman–Crippen LogP) is 5.06. The smallest absolute Gasteiger partial charge is 0.225 e. The highest BCUT2D eigenvalue weighted by Gasteiger charge is 2.18. The fourth-order valence-electron chi connectivity index (χ4n) is 2.36. The van der Waals surface area contributed by atoms with Crippen molar-refractivity contribution >= 4 is 39.0 Å². The van der Waals surface area contributed by atoms with Crippen molar-refractivity contribution in [2.75, 3.05) is 11.4 Å². The number of aryl methyl sites for hydroxylation is 1. The van der Waals surface area contributed by atoms with E-state index in [-0.39, 0.29) is 0 Å². The minimum atomic E-state index is 0.343. The Hall–Kier alpha value is -0.870. The van der Waals surface area contributed by atoms with Crippen LogP contribution >= 0.6 is 22.9 Å². The van der Waals surface area contributed by atoms with Crippen molar-refractivity contribution < 1.29 is 0 Å². The van der Waals surface area contributed by atoms with E-state index in [1.54, 1.807) is 11.3 Å². The summed E-state index contributed by atoms with van der Waals surface area (Å²) in [7, 11) is 0. The van der Waals surface area contributed by atoms with Crippen molar-refractivity contribution in [2.24, 2.45) is 0 Å². The number of fused-ring (bicyclic) bond motifs is 1. The lowest BCUT2D eigenvalue weighted by atomic mass is 10.2. The van der Waals surface area contributed by atoms with Crippen molar-refractivity contribution in [1.29, 1.82) is 0 Å². The summed E-state index contributed by atoms with van der Waals surface area (Å²) in [6.45, 7) is 9.74. The van der Waals surface area contributed by atoms with Crippen LogP contribution in [-0.2, 0) is 0 Å². The van der Waals surface area contributed by atoms with Crippen LogP contribution < -0.4 is 4.90 Å². The van der Waals surface area contributed by atoms with Gasteiger partial charge in [-0.25, -0.2) is 4.98 Å². The fraction of sp³-hybridized carbons (Fsp3) is 0.600. The van der Waals surface area contributed by atoms with E-state index in [1.807, 2.05) is 0 Å². The van der Waals surface area contributed by atoms with E-state index < -0.39 is 0 Å². The Labute approximate surface area is 130 Å². The second kappa shape index (κ2) is 6.72. The standard InChI is InChI=1S/C15H22ClN3S/c1-5-6-7-8-19(10(2)3)13-12-9-11(4)20-14(12)18-15(16)17-13/h9-10H,5-8H2,1-4H3. The summed E-state index contributed by atoms with van der Waals surface area (Å²) in [5.74, 6) is 0.982. The molecular weight excluding hydrogens is 290 g/mol. The molecule has 0 aliphatic carbocycles. The number of anilines is 1. The van der Waals surface area contributed by atoms with Crippen LogP contribution in [0.15, 0.2) is 6.07 Å². The molecule has 0 aliphatic rings. The van der Waals surface area contributed by atoms with Gasteiger partial charge in [-0.1, -0.05) is 19.8 Å². The van der Waals surface area contributed by atoms with Crippen LogP contribution in [-0.4, -0.2) is 22.6 Å². The first-order valence-electron chi connectivity index (χ1n) is 7.23. The Kier molecular flexibility index (Phi) is 5.22. The summed E-state index contributed by atoms with van der Waals surface area (Å²) in [5.41, 5.74) is 0. The highest BCUT2D eigenvalue weighted by Crippen LogP contribution is 2.32. The summed E-state index contributed by atoms with van der Waals surface area (Å²) < 4.78 is 0. The van der Waals surface area contributed by atoms with Gasteiger partial charge >= 0.3 is 0 Å². The Morgan fingerprint density at radius 2 is 2.05 bits per heavy atom. The first-order chi connectivity index (χ1) is 9.52. The van der Waals surface area contributed by atoms with Crippen LogP contribution in [0, 0.1) is 6.92 Å². The zero-order valence-corrected chi connectivity index (χ0v) is 14.2. The van der Waals surface area contributed by atoms with E-state index in [9.17, 15) is 0 Å². The number of nitrogens with zero attached hydrogens (tertiary/aromatic N) is 3. The molecule has 0 atom stereocenters. The highest BCUT2D eigenvalue weighted by atomic mass is 35.5. The predicted molar refractivity (Wildman–Crippen MR) is 89.2 cm³/mol. The molecule has 0 amide bonds. The van der Waals surface area contributed by atoms with E-state index in [4.69, 9.17) is 11.6 Å². The molecule has 0 saturated carbocycles. The van der Waals surface area contributed by atoms with Gasteiger partial charge in [0.2, 0.25) is 5.28 Å². The average molecular weight is 312 g/mol. The van der Waals surface area contributed by atoms with Crippen molar-refractivity contribution in [3.05, 3.63) is 16.2 Å². The number of halogens is 1. The maximum atomic E-state index is 6.10. The van der Waals surface area contributed by atoms with Crippen LogP contribution in [0.2, 0.25) is 5.28 Å². The Morgan fingerprint density at radius 1 is 1.30 bits per heavy atom. The van der Waals surface area contributed by atoms with E-state index in [0.717, 1.165) is 22.6 Å². The molecule has 0 bridgehead atoms.